The maximum atomic E-state index is 14.2. The zero-order valence-corrected chi connectivity index (χ0v) is 19.1. The summed E-state index contributed by atoms with van der Waals surface area (Å²) in [5.74, 6) is 4.97. The first-order valence-corrected chi connectivity index (χ1v) is 11.3. The van der Waals surface area contributed by atoms with Crippen molar-refractivity contribution in [1.82, 2.24) is 0 Å². The second-order valence-corrected chi connectivity index (χ2v) is 7.73. The second-order valence-electron chi connectivity index (χ2n) is 7.73. The third-order valence-corrected chi connectivity index (χ3v) is 4.97. The minimum atomic E-state index is -0.631. The van der Waals surface area contributed by atoms with Crippen LogP contribution in [0, 0.1) is 23.5 Å². The molecular formula is C28H28F2N2O. The van der Waals surface area contributed by atoms with Gasteiger partial charge in [0.15, 0.2) is 0 Å². The maximum Gasteiger partial charge on any atom is 0.142 e. The van der Waals surface area contributed by atoms with Crippen LogP contribution in [0.4, 0.5) is 20.2 Å². The lowest BCUT2D eigenvalue weighted by Gasteiger charge is -2.05. The Morgan fingerprint density at radius 1 is 0.758 bits per heavy atom. The van der Waals surface area contributed by atoms with Crippen LogP contribution in [0.25, 0.3) is 0 Å². The van der Waals surface area contributed by atoms with E-state index in [-0.39, 0.29) is 5.56 Å². The largest absolute Gasteiger partial charge is 0.494 e. The molecule has 0 radical (unpaired) electrons. The molecule has 0 heterocycles. The summed E-state index contributed by atoms with van der Waals surface area (Å²) in [7, 11) is 0. The molecule has 0 N–H and O–H groups in total. The molecule has 0 amide bonds. The first-order chi connectivity index (χ1) is 16.1. The molecule has 3 aromatic rings. The Labute approximate surface area is 194 Å². The third-order valence-electron chi connectivity index (χ3n) is 4.97. The molecule has 170 valence electrons. The van der Waals surface area contributed by atoms with Gasteiger partial charge in [0, 0.05) is 5.56 Å². The number of azo groups is 1. The second kappa shape index (κ2) is 12.5. The highest BCUT2D eigenvalue weighted by Gasteiger charge is 2.08. The van der Waals surface area contributed by atoms with E-state index in [2.05, 4.69) is 29.0 Å². The summed E-state index contributed by atoms with van der Waals surface area (Å²) in [5.41, 5.74) is 2.44. The van der Waals surface area contributed by atoms with E-state index < -0.39 is 11.6 Å². The minimum Gasteiger partial charge on any atom is -0.494 e. The molecule has 33 heavy (non-hydrogen) atoms. The van der Waals surface area contributed by atoms with Gasteiger partial charge in [0.1, 0.15) is 17.4 Å². The van der Waals surface area contributed by atoms with Gasteiger partial charge in [-0.05, 0) is 79.1 Å². The van der Waals surface area contributed by atoms with Crippen LogP contribution < -0.4 is 4.74 Å². The normalized spacial score (nSPS) is 10.8. The van der Waals surface area contributed by atoms with E-state index in [4.69, 9.17) is 4.74 Å². The van der Waals surface area contributed by atoms with Crippen LogP contribution in [0.3, 0.4) is 0 Å². The van der Waals surface area contributed by atoms with Crippen LogP contribution in [0.1, 0.15) is 56.2 Å². The number of benzene rings is 3. The van der Waals surface area contributed by atoms with Gasteiger partial charge in [-0.25, -0.2) is 8.78 Å². The van der Waals surface area contributed by atoms with Gasteiger partial charge in [-0.3, -0.25) is 0 Å². The number of halogens is 2. The van der Waals surface area contributed by atoms with Crippen LogP contribution >= 0.6 is 0 Å². The summed E-state index contributed by atoms with van der Waals surface area (Å²) in [4.78, 5) is 0. The summed E-state index contributed by atoms with van der Waals surface area (Å²) in [6.45, 7) is 4.84. The molecule has 0 atom stereocenters. The van der Waals surface area contributed by atoms with Crippen molar-refractivity contribution in [2.24, 2.45) is 10.2 Å². The molecule has 0 unspecified atom stereocenters. The maximum absolute atomic E-state index is 14.2. The molecule has 0 saturated carbocycles. The van der Waals surface area contributed by atoms with Crippen molar-refractivity contribution in [3.8, 4) is 17.6 Å². The zero-order chi connectivity index (χ0) is 23.5. The molecule has 0 spiro atoms. The Balaban J connectivity index is 1.61. The van der Waals surface area contributed by atoms with Crippen LogP contribution in [-0.2, 0) is 6.42 Å². The SMILES string of the molecule is CCCCCOc1ccc(N=Nc2ccc(C#Cc3c(F)cc(CCC)cc3F)cc2)cc1. The number of hydrogen-bond donors (Lipinski definition) is 0. The predicted molar refractivity (Wildman–Crippen MR) is 128 cm³/mol. The highest BCUT2D eigenvalue weighted by molar-refractivity contribution is 5.49. The molecule has 0 aromatic heterocycles. The predicted octanol–water partition coefficient (Wildman–Crippen LogP) is 8.30. The fraction of sp³-hybridized carbons (Fsp3) is 0.286. The zero-order valence-electron chi connectivity index (χ0n) is 19.1. The Morgan fingerprint density at radius 2 is 1.36 bits per heavy atom. The summed E-state index contributed by atoms with van der Waals surface area (Å²) >= 11 is 0. The molecule has 0 saturated heterocycles. The molecule has 0 aliphatic rings. The Kier molecular flexibility index (Phi) is 9.14. The third kappa shape index (κ3) is 7.54. The average Bonchev–Trinajstić information content (AvgIpc) is 2.82. The van der Waals surface area contributed by atoms with Gasteiger partial charge in [0.25, 0.3) is 0 Å². The monoisotopic (exact) mass is 446 g/mol. The van der Waals surface area contributed by atoms with Gasteiger partial charge in [0.05, 0.1) is 23.5 Å². The minimum absolute atomic E-state index is 0.212. The molecule has 3 rings (SSSR count). The van der Waals surface area contributed by atoms with Gasteiger partial charge in [-0.2, -0.15) is 10.2 Å². The van der Waals surface area contributed by atoms with E-state index in [1.807, 2.05) is 31.2 Å². The fourth-order valence-electron chi connectivity index (χ4n) is 3.19. The van der Waals surface area contributed by atoms with E-state index in [1.165, 1.54) is 18.6 Å². The number of aryl methyl sites for hydroxylation is 1. The Morgan fingerprint density at radius 3 is 1.94 bits per heavy atom. The first kappa shape index (κ1) is 24.1. The van der Waals surface area contributed by atoms with Crippen LogP contribution in [-0.4, -0.2) is 6.61 Å². The van der Waals surface area contributed by atoms with Crippen molar-refractivity contribution < 1.29 is 13.5 Å². The number of unbranched alkanes of at least 4 members (excludes halogenated alkanes) is 2. The highest BCUT2D eigenvalue weighted by Crippen LogP contribution is 2.22. The molecule has 3 aromatic carbocycles. The number of nitrogens with zero attached hydrogens (tertiary/aromatic N) is 2. The Bertz CT molecular complexity index is 1100. The highest BCUT2D eigenvalue weighted by atomic mass is 19.1. The van der Waals surface area contributed by atoms with Crippen molar-refractivity contribution in [2.45, 2.75) is 46.0 Å². The molecule has 0 aliphatic heterocycles. The van der Waals surface area contributed by atoms with E-state index in [1.54, 1.807) is 24.3 Å². The van der Waals surface area contributed by atoms with Crippen LogP contribution in [0.5, 0.6) is 5.75 Å². The molecule has 0 aliphatic carbocycles. The molecule has 0 bridgehead atoms. The fourth-order valence-corrected chi connectivity index (χ4v) is 3.19. The lowest BCUT2D eigenvalue weighted by atomic mass is 10.1. The molecular weight excluding hydrogens is 418 g/mol. The van der Waals surface area contributed by atoms with Crippen molar-refractivity contribution in [2.75, 3.05) is 6.61 Å². The standard InChI is InChI=1S/C28H28F2N2O/c1-3-5-6-18-33-25-15-13-24(14-16-25)32-31-23-11-8-21(9-12-23)10-17-26-27(29)19-22(7-4-2)20-28(26)30/h8-9,11-16,19-20H,3-7,18H2,1-2H3. The van der Waals surface area contributed by atoms with Gasteiger partial charge in [-0.1, -0.05) is 45.0 Å². The van der Waals surface area contributed by atoms with Crippen molar-refractivity contribution in [3.05, 3.63) is 89.0 Å². The summed E-state index contributed by atoms with van der Waals surface area (Å²) in [5, 5.41) is 8.45. The lowest BCUT2D eigenvalue weighted by molar-refractivity contribution is 0.306. The first-order valence-electron chi connectivity index (χ1n) is 11.3. The van der Waals surface area contributed by atoms with Gasteiger partial charge < -0.3 is 4.74 Å². The number of hydrogen-bond acceptors (Lipinski definition) is 3. The Hall–Kier alpha value is -3.52. The molecule has 5 heteroatoms. The summed E-state index contributed by atoms with van der Waals surface area (Å²) in [6.07, 6.45) is 4.84. The van der Waals surface area contributed by atoms with Gasteiger partial charge in [-0.15, -0.1) is 0 Å². The van der Waals surface area contributed by atoms with E-state index in [9.17, 15) is 8.78 Å². The van der Waals surface area contributed by atoms with Crippen molar-refractivity contribution >= 4 is 11.4 Å². The summed E-state index contributed by atoms with van der Waals surface area (Å²) in [6, 6.07) is 17.2. The van der Waals surface area contributed by atoms with E-state index in [0.29, 0.717) is 29.8 Å². The number of rotatable bonds is 9. The van der Waals surface area contributed by atoms with Crippen LogP contribution in [0.15, 0.2) is 70.9 Å². The smallest absolute Gasteiger partial charge is 0.142 e. The molecule has 3 nitrogen and oxygen atoms in total. The lowest BCUT2D eigenvalue weighted by Crippen LogP contribution is -1.96. The topological polar surface area (TPSA) is 34.0 Å². The quantitative estimate of drug-likeness (QED) is 0.185. The average molecular weight is 447 g/mol. The van der Waals surface area contributed by atoms with Crippen molar-refractivity contribution in [1.29, 1.82) is 0 Å². The van der Waals surface area contributed by atoms with Gasteiger partial charge >= 0.3 is 0 Å². The summed E-state index contributed by atoms with van der Waals surface area (Å²) < 4.78 is 34.1. The molecule has 0 fully saturated rings. The van der Waals surface area contributed by atoms with Crippen LogP contribution in [0.2, 0.25) is 0 Å². The van der Waals surface area contributed by atoms with Crippen molar-refractivity contribution in [3.63, 3.8) is 0 Å². The van der Waals surface area contributed by atoms with E-state index >= 15 is 0 Å². The number of ether oxygens (including phenoxy) is 1. The van der Waals surface area contributed by atoms with Gasteiger partial charge in [0.2, 0.25) is 0 Å². The van der Waals surface area contributed by atoms with E-state index in [0.717, 1.165) is 30.7 Å².